The van der Waals surface area contributed by atoms with Gasteiger partial charge in [0, 0.05) is 48.1 Å². The summed E-state index contributed by atoms with van der Waals surface area (Å²) in [6, 6.07) is 18.9. The van der Waals surface area contributed by atoms with Crippen molar-refractivity contribution in [1.82, 2.24) is 19.4 Å². The van der Waals surface area contributed by atoms with Gasteiger partial charge in [-0.25, -0.2) is 13.8 Å². The van der Waals surface area contributed by atoms with E-state index in [1.54, 1.807) is 15.9 Å². The molecule has 6 rings (SSSR count). The Morgan fingerprint density at radius 1 is 0.979 bits per heavy atom. The maximum atomic E-state index is 14.1. The number of ether oxygens (including phenoxy) is 1. The maximum Gasteiger partial charge on any atom is 0.280 e. The van der Waals surface area contributed by atoms with Crippen molar-refractivity contribution >= 4 is 33.4 Å². The van der Waals surface area contributed by atoms with E-state index in [4.69, 9.17) is 10.5 Å². The summed E-state index contributed by atoms with van der Waals surface area (Å²) in [6.07, 6.45) is 2.12. The summed E-state index contributed by atoms with van der Waals surface area (Å²) in [5.74, 6) is -1.86. The van der Waals surface area contributed by atoms with Gasteiger partial charge in [-0.1, -0.05) is 46.3 Å². The van der Waals surface area contributed by atoms with Gasteiger partial charge in [-0.15, -0.1) is 0 Å². The van der Waals surface area contributed by atoms with Gasteiger partial charge in [0.2, 0.25) is 11.8 Å². The molecule has 3 heterocycles. The van der Waals surface area contributed by atoms with Crippen molar-refractivity contribution in [3.8, 4) is 11.6 Å². The van der Waals surface area contributed by atoms with Gasteiger partial charge in [-0.05, 0) is 67.3 Å². The number of nitrogen functional groups attached to an aromatic ring is 1. The fourth-order valence-corrected chi connectivity index (χ4v) is 6.95. The standard InChI is InChI=1S/C35H34BrF2N5O5/c36-24-16-23(17-26(38)18-24)32(44)42-13-10-28(29(19-42)22-4-2-1-3-5-22)33(45)41-14-11-35(47,12-15-41)20-43-21-40-31(30(39)34(43)46)48-27-8-6-25(37)7-9-27/h1-9,16-18,21,28-29,47H,10-15,19-20,39H2/t28-,29+/m1/s1. The highest BCUT2D eigenvalue weighted by molar-refractivity contribution is 9.10. The highest BCUT2D eigenvalue weighted by atomic mass is 79.9. The average molecular weight is 723 g/mol. The van der Waals surface area contributed by atoms with Gasteiger partial charge >= 0.3 is 0 Å². The molecular weight excluding hydrogens is 688 g/mol. The number of amides is 2. The molecule has 2 atom stereocenters. The second kappa shape index (κ2) is 13.9. The van der Waals surface area contributed by atoms with E-state index in [9.17, 15) is 28.3 Å². The first-order valence-electron chi connectivity index (χ1n) is 15.6. The quantitative estimate of drug-likeness (QED) is 0.276. The van der Waals surface area contributed by atoms with E-state index in [-0.39, 0.29) is 73.1 Å². The Bertz CT molecular complexity index is 1850. The molecule has 2 amide bonds. The summed E-state index contributed by atoms with van der Waals surface area (Å²) in [4.78, 5) is 48.0. The molecule has 3 aromatic carbocycles. The van der Waals surface area contributed by atoms with E-state index in [1.807, 2.05) is 30.3 Å². The van der Waals surface area contributed by atoms with Crippen molar-refractivity contribution in [2.45, 2.75) is 37.3 Å². The minimum Gasteiger partial charge on any atom is -0.437 e. The largest absolute Gasteiger partial charge is 0.437 e. The molecule has 13 heteroatoms. The summed E-state index contributed by atoms with van der Waals surface area (Å²) in [7, 11) is 0. The zero-order valence-electron chi connectivity index (χ0n) is 25.9. The molecule has 10 nitrogen and oxygen atoms in total. The predicted octanol–water partition coefficient (Wildman–Crippen LogP) is 4.96. The number of rotatable bonds is 7. The lowest BCUT2D eigenvalue weighted by Gasteiger charge is -2.43. The lowest BCUT2D eigenvalue weighted by atomic mass is 9.79. The van der Waals surface area contributed by atoms with Crippen LogP contribution in [0.1, 0.15) is 41.1 Å². The SMILES string of the molecule is Nc1c(Oc2ccc(F)cc2)ncn(CC2(O)CCN(C(=O)[C@@H]3CCN(C(=O)c4cc(F)cc(Br)c4)C[C@H]3c3ccccc3)CC2)c1=O. The number of carbonyl (C=O) groups is 2. The van der Waals surface area contributed by atoms with Crippen molar-refractivity contribution in [3.63, 3.8) is 0 Å². The van der Waals surface area contributed by atoms with Gasteiger partial charge < -0.3 is 25.4 Å². The van der Waals surface area contributed by atoms with Gasteiger partial charge in [0.1, 0.15) is 23.7 Å². The molecule has 0 radical (unpaired) electrons. The van der Waals surface area contributed by atoms with Gasteiger partial charge in [-0.3, -0.25) is 19.0 Å². The average Bonchev–Trinajstić information content (AvgIpc) is 3.08. The number of benzene rings is 3. The van der Waals surface area contributed by atoms with Crippen LogP contribution in [-0.4, -0.2) is 68.1 Å². The Hall–Kier alpha value is -4.62. The maximum absolute atomic E-state index is 14.1. The molecule has 0 aliphatic carbocycles. The van der Waals surface area contributed by atoms with Crippen molar-refractivity contribution in [2.24, 2.45) is 5.92 Å². The van der Waals surface area contributed by atoms with Crippen molar-refractivity contribution in [3.05, 3.63) is 117 Å². The molecule has 48 heavy (non-hydrogen) atoms. The normalized spacial score (nSPS) is 19.2. The number of piperidine rings is 2. The van der Waals surface area contributed by atoms with Crippen LogP contribution in [0.25, 0.3) is 0 Å². The van der Waals surface area contributed by atoms with E-state index in [0.717, 1.165) is 5.56 Å². The molecule has 0 bridgehead atoms. The second-order valence-electron chi connectivity index (χ2n) is 12.3. The zero-order chi connectivity index (χ0) is 34.0. The first-order valence-corrected chi connectivity index (χ1v) is 16.4. The van der Waals surface area contributed by atoms with Crippen LogP contribution in [0.15, 0.2) is 88.4 Å². The van der Waals surface area contributed by atoms with Crippen LogP contribution in [0.2, 0.25) is 0 Å². The first-order chi connectivity index (χ1) is 23.0. The first kappa shape index (κ1) is 33.3. The smallest absolute Gasteiger partial charge is 0.280 e. The third kappa shape index (κ3) is 7.26. The molecule has 1 aromatic heterocycles. The van der Waals surface area contributed by atoms with Gasteiger partial charge in [0.25, 0.3) is 11.5 Å². The van der Waals surface area contributed by atoms with E-state index in [1.165, 1.54) is 47.3 Å². The number of hydrogen-bond donors (Lipinski definition) is 2. The monoisotopic (exact) mass is 721 g/mol. The van der Waals surface area contributed by atoms with Gasteiger partial charge in [0.05, 0.1) is 12.1 Å². The van der Waals surface area contributed by atoms with Crippen LogP contribution in [0.4, 0.5) is 14.5 Å². The number of hydrogen-bond acceptors (Lipinski definition) is 7. The number of aliphatic hydroxyl groups is 1. The molecule has 250 valence electrons. The number of nitrogens with zero attached hydrogens (tertiary/aromatic N) is 4. The van der Waals surface area contributed by atoms with Gasteiger partial charge in [-0.2, -0.15) is 0 Å². The molecule has 2 aliphatic rings. The minimum absolute atomic E-state index is 0.0584. The Morgan fingerprint density at radius 2 is 1.69 bits per heavy atom. The van der Waals surface area contributed by atoms with E-state index in [2.05, 4.69) is 20.9 Å². The van der Waals surface area contributed by atoms with Crippen LogP contribution >= 0.6 is 15.9 Å². The molecule has 2 aliphatic heterocycles. The lowest BCUT2D eigenvalue weighted by molar-refractivity contribution is -0.142. The predicted molar refractivity (Wildman–Crippen MR) is 177 cm³/mol. The summed E-state index contributed by atoms with van der Waals surface area (Å²) in [5, 5.41) is 11.4. The van der Waals surface area contributed by atoms with E-state index < -0.39 is 28.7 Å². The molecule has 0 spiro atoms. The summed E-state index contributed by atoms with van der Waals surface area (Å²) < 4.78 is 34.5. The molecule has 4 aromatic rings. The van der Waals surface area contributed by atoms with Crippen LogP contribution in [-0.2, 0) is 11.3 Å². The molecule has 0 unspecified atom stereocenters. The Balaban J connectivity index is 1.12. The van der Waals surface area contributed by atoms with Crippen LogP contribution < -0.4 is 16.0 Å². The summed E-state index contributed by atoms with van der Waals surface area (Å²) in [5.41, 5.74) is 5.05. The van der Waals surface area contributed by atoms with Crippen LogP contribution in [0.3, 0.4) is 0 Å². The number of carbonyl (C=O) groups excluding carboxylic acids is 2. The van der Waals surface area contributed by atoms with E-state index >= 15 is 0 Å². The number of anilines is 1. The fraction of sp³-hybridized carbons (Fsp3) is 0.314. The summed E-state index contributed by atoms with van der Waals surface area (Å²) >= 11 is 3.26. The number of aromatic nitrogens is 2. The third-order valence-corrected chi connectivity index (χ3v) is 9.55. The molecule has 2 fully saturated rings. The number of halogens is 3. The Kier molecular flexibility index (Phi) is 9.61. The van der Waals surface area contributed by atoms with Gasteiger partial charge in [0.15, 0.2) is 5.69 Å². The van der Waals surface area contributed by atoms with Crippen LogP contribution in [0.5, 0.6) is 11.6 Å². The second-order valence-corrected chi connectivity index (χ2v) is 13.2. The van der Waals surface area contributed by atoms with Crippen LogP contribution in [0, 0.1) is 17.6 Å². The van der Waals surface area contributed by atoms with E-state index in [0.29, 0.717) is 24.0 Å². The third-order valence-electron chi connectivity index (χ3n) is 9.09. The number of nitrogens with two attached hydrogens (primary N) is 1. The Morgan fingerprint density at radius 3 is 2.38 bits per heavy atom. The molecule has 3 N–H and O–H groups in total. The highest BCUT2D eigenvalue weighted by Crippen LogP contribution is 2.36. The Labute approximate surface area is 283 Å². The van der Waals surface area contributed by atoms with Crippen molar-refractivity contribution in [2.75, 3.05) is 31.9 Å². The minimum atomic E-state index is -1.29. The van der Waals surface area contributed by atoms with Crippen molar-refractivity contribution in [1.29, 1.82) is 0 Å². The zero-order valence-corrected chi connectivity index (χ0v) is 27.5. The molecular formula is C35H34BrF2N5O5. The molecule has 0 saturated carbocycles. The number of likely N-dealkylation sites (tertiary alicyclic amines) is 2. The molecule has 2 saturated heterocycles. The van der Waals surface area contributed by atoms with Crippen molar-refractivity contribution < 1.29 is 28.2 Å². The highest BCUT2D eigenvalue weighted by Gasteiger charge is 2.42. The topological polar surface area (TPSA) is 131 Å². The summed E-state index contributed by atoms with van der Waals surface area (Å²) in [6.45, 7) is 1.10. The lowest BCUT2D eigenvalue weighted by Crippen LogP contribution is -2.53. The fourth-order valence-electron chi connectivity index (χ4n) is 6.48.